The summed E-state index contributed by atoms with van der Waals surface area (Å²) in [6.07, 6.45) is 1.07. The molecule has 2 aliphatic rings. The van der Waals surface area contributed by atoms with Crippen molar-refractivity contribution in [2.24, 2.45) is 0 Å². The quantitative estimate of drug-likeness (QED) is 0.153. The Morgan fingerprint density at radius 2 is 1.71 bits per heavy atom. The van der Waals surface area contributed by atoms with Gasteiger partial charge in [-0.3, -0.25) is 0 Å². The van der Waals surface area contributed by atoms with E-state index in [-0.39, 0.29) is 16.9 Å². The zero-order valence-corrected chi connectivity index (χ0v) is 29.2. The van der Waals surface area contributed by atoms with Crippen LogP contribution in [0.25, 0.3) is 0 Å². The third-order valence-corrected chi connectivity index (χ3v) is 11.1. The molecule has 6 rings (SSSR count). The van der Waals surface area contributed by atoms with E-state index in [1.54, 1.807) is 26.4 Å². The van der Waals surface area contributed by atoms with E-state index in [1.165, 1.54) is 0 Å². The molecule has 4 aromatic rings. The molecular weight excluding hydrogens is 641 g/mol. The maximum Gasteiger partial charge on any atom is 0.209 e. The normalized spacial score (nSPS) is 19.8. The van der Waals surface area contributed by atoms with Crippen molar-refractivity contribution in [3.8, 4) is 17.2 Å². The number of benzene rings is 4. The molecule has 9 nitrogen and oxygen atoms in total. The number of para-hydroxylation sites is 1. The Labute approximate surface area is 290 Å². The molecule has 1 unspecified atom stereocenters. The number of sulfone groups is 1. The lowest BCUT2D eigenvalue weighted by Gasteiger charge is -2.39. The minimum atomic E-state index is -3.99. The topological polar surface area (TPSA) is 95.6 Å². The van der Waals surface area contributed by atoms with Crippen molar-refractivity contribution in [3.63, 3.8) is 0 Å². The van der Waals surface area contributed by atoms with Crippen LogP contribution >= 0.6 is 0 Å². The molecule has 0 saturated carbocycles. The van der Waals surface area contributed by atoms with Gasteiger partial charge in [-0.05, 0) is 79.4 Å². The standard InChI is InChI=1S/C39H46N2O7S/c1-28-10-17-34(18-11-28)49(42,43)39(30-14-19-37-36(24-30)41(21-23-46-37)20-7-22-44-2)48-38-26-40-31(27-47-33-8-5-4-6-9-33)25-35(38)29-12-15-32(45-3)16-13-29/h4-6,8-19,24,31,35,38-40H,7,20-23,25-27H2,1-3H3/t31-,35+,38-,39?/m0/s1. The second-order valence-electron chi connectivity index (χ2n) is 12.6. The average molecular weight is 687 g/mol. The molecule has 4 aromatic carbocycles. The summed E-state index contributed by atoms with van der Waals surface area (Å²) in [5.41, 5.74) is 2.19. The van der Waals surface area contributed by atoms with Crippen LogP contribution in [0.2, 0.25) is 0 Å². The molecular formula is C39H46N2O7S. The number of hydrogen-bond acceptors (Lipinski definition) is 9. The fraction of sp³-hybridized carbons (Fsp3) is 0.385. The van der Waals surface area contributed by atoms with E-state index in [4.69, 9.17) is 23.7 Å². The second-order valence-corrected chi connectivity index (χ2v) is 14.6. The number of aryl methyl sites for hydroxylation is 1. The highest BCUT2D eigenvalue weighted by molar-refractivity contribution is 7.91. The number of ether oxygens (including phenoxy) is 5. The van der Waals surface area contributed by atoms with Crippen molar-refractivity contribution in [2.75, 3.05) is 58.6 Å². The molecule has 2 heterocycles. The molecule has 0 amide bonds. The van der Waals surface area contributed by atoms with Gasteiger partial charge in [0.2, 0.25) is 9.84 Å². The first-order valence-electron chi connectivity index (χ1n) is 16.9. The third-order valence-electron chi connectivity index (χ3n) is 9.25. The summed E-state index contributed by atoms with van der Waals surface area (Å²) in [4.78, 5) is 2.45. The smallest absolute Gasteiger partial charge is 0.209 e. The summed E-state index contributed by atoms with van der Waals surface area (Å²) in [5.74, 6) is 2.18. The van der Waals surface area contributed by atoms with Crippen molar-refractivity contribution in [3.05, 3.63) is 114 Å². The molecule has 0 radical (unpaired) electrons. The number of anilines is 1. The summed E-state index contributed by atoms with van der Waals surface area (Å²) < 4.78 is 58.9. The highest BCUT2D eigenvalue weighted by Crippen LogP contribution is 2.41. The Bertz CT molecular complexity index is 1750. The molecule has 1 saturated heterocycles. The number of piperidine rings is 1. The Hall–Kier alpha value is -4.09. The first kappa shape index (κ1) is 34.8. The maximum absolute atomic E-state index is 14.6. The summed E-state index contributed by atoms with van der Waals surface area (Å²) in [6, 6.07) is 30.3. The van der Waals surface area contributed by atoms with Crippen molar-refractivity contribution in [1.29, 1.82) is 0 Å². The van der Waals surface area contributed by atoms with Gasteiger partial charge in [-0.2, -0.15) is 0 Å². The largest absolute Gasteiger partial charge is 0.497 e. The average Bonchev–Trinajstić information content (AvgIpc) is 3.14. The maximum atomic E-state index is 14.6. The molecule has 0 aliphatic carbocycles. The monoisotopic (exact) mass is 686 g/mol. The van der Waals surface area contributed by atoms with Gasteiger partial charge in [0.25, 0.3) is 0 Å². The number of fused-ring (bicyclic) bond motifs is 1. The van der Waals surface area contributed by atoms with Crippen LogP contribution in [0.1, 0.15) is 40.9 Å². The van der Waals surface area contributed by atoms with Gasteiger partial charge in [0.15, 0.2) is 5.44 Å². The van der Waals surface area contributed by atoms with Gasteiger partial charge in [-0.1, -0.05) is 54.1 Å². The van der Waals surface area contributed by atoms with E-state index in [0.717, 1.165) is 47.0 Å². The predicted molar refractivity (Wildman–Crippen MR) is 191 cm³/mol. The Kier molecular flexibility index (Phi) is 11.4. The van der Waals surface area contributed by atoms with Crippen LogP contribution in [-0.2, 0) is 19.3 Å². The van der Waals surface area contributed by atoms with Gasteiger partial charge >= 0.3 is 0 Å². The van der Waals surface area contributed by atoms with Crippen molar-refractivity contribution in [2.45, 2.75) is 48.2 Å². The highest BCUT2D eigenvalue weighted by atomic mass is 32.2. The molecule has 260 valence electrons. The summed E-state index contributed by atoms with van der Waals surface area (Å²) in [7, 11) is -0.646. The fourth-order valence-electron chi connectivity index (χ4n) is 6.56. The lowest BCUT2D eigenvalue weighted by molar-refractivity contribution is -0.00929. The number of rotatable bonds is 14. The van der Waals surface area contributed by atoms with E-state index < -0.39 is 21.4 Å². The molecule has 1 N–H and O–H groups in total. The fourth-order valence-corrected chi connectivity index (χ4v) is 8.12. The molecule has 0 bridgehead atoms. The Morgan fingerprint density at radius 1 is 0.939 bits per heavy atom. The van der Waals surface area contributed by atoms with Crippen molar-refractivity contribution < 1.29 is 32.1 Å². The predicted octanol–water partition coefficient (Wildman–Crippen LogP) is 6.32. The SMILES string of the molecule is COCCCN1CCOc2ccc(C(O[C@H]3CN[C@H](COc4ccccc4)C[C@@H]3c3ccc(OC)cc3)S(=O)(=O)c3ccc(C)cc3)cc21. The molecule has 0 spiro atoms. The lowest BCUT2D eigenvalue weighted by atomic mass is 9.84. The van der Waals surface area contributed by atoms with Crippen LogP contribution in [0, 0.1) is 6.92 Å². The molecule has 49 heavy (non-hydrogen) atoms. The molecule has 2 aliphatic heterocycles. The summed E-state index contributed by atoms with van der Waals surface area (Å²) >= 11 is 0. The van der Waals surface area contributed by atoms with E-state index in [1.807, 2.05) is 91.9 Å². The first-order valence-corrected chi connectivity index (χ1v) is 18.4. The van der Waals surface area contributed by atoms with Crippen LogP contribution in [0.5, 0.6) is 17.2 Å². The van der Waals surface area contributed by atoms with Crippen LogP contribution in [0.4, 0.5) is 5.69 Å². The Balaban J connectivity index is 1.34. The van der Waals surface area contributed by atoms with Gasteiger partial charge < -0.3 is 33.9 Å². The van der Waals surface area contributed by atoms with E-state index in [0.29, 0.717) is 44.9 Å². The van der Waals surface area contributed by atoms with Gasteiger partial charge in [0, 0.05) is 38.8 Å². The van der Waals surface area contributed by atoms with Gasteiger partial charge in [0.05, 0.1) is 30.3 Å². The first-order chi connectivity index (χ1) is 23.9. The number of methoxy groups -OCH3 is 2. The van der Waals surface area contributed by atoms with E-state index >= 15 is 0 Å². The van der Waals surface area contributed by atoms with Crippen LogP contribution in [0.15, 0.2) is 102 Å². The molecule has 0 aromatic heterocycles. The van der Waals surface area contributed by atoms with E-state index in [2.05, 4.69) is 10.2 Å². The molecule has 10 heteroatoms. The third kappa shape index (κ3) is 8.38. The number of nitrogens with one attached hydrogen (secondary N) is 1. The molecule has 1 fully saturated rings. The van der Waals surface area contributed by atoms with Gasteiger partial charge in [-0.25, -0.2) is 8.42 Å². The van der Waals surface area contributed by atoms with Crippen molar-refractivity contribution >= 4 is 15.5 Å². The second kappa shape index (κ2) is 16.1. The number of hydrogen-bond donors (Lipinski definition) is 1. The zero-order valence-electron chi connectivity index (χ0n) is 28.4. The van der Waals surface area contributed by atoms with Gasteiger partial charge in [-0.15, -0.1) is 0 Å². The van der Waals surface area contributed by atoms with Crippen LogP contribution in [-0.4, -0.2) is 74.2 Å². The zero-order chi connectivity index (χ0) is 34.2. The summed E-state index contributed by atoms with van der Waals surface area (Å²) in [5, 5.41) is 3.59. The Morgan fingerprint density at radius 3 is 2.45 bits per heavy atom. The highest BCUT2D eigenvalue weighted by Gasteiger charge is 2.39. The van der Waals surface area contributed by atoms with Gasteiger partial charge in [0.1, 0.15) is 30.5 Å². The van der Waals surface area contributed by atoms with Crippen LogP contribution < -0.4 is 24.4 Å². The number of nitrogens with zero attached hydrogens (tertiary/aromatic N) is 1. The minimum Gasteiger partial charge on any atom is -0.497 e. The summed E-state index contributed by atoms with van der Waals surface area (Å²) in [6.45, 7) is 5.52. The minimum absolute atomic E-state index is 0.0286. The van der Waals surface area contributed by atoms with E-state index in [9.17, 15) is 8.42 Å². The van der Waals surface area contributed by atoms with Crippen molar-refractivity contribution in [1.82, 2.24) is 5.32 Å². The van der Waals surface area contributed by atoms with Crippen LogP contribution in [0.3, 0.4) is 0 Å². The molecule has 4 atom stereocenters. The lowest BCUT2D eigenvalue weighted by Crippen LogP contribution is -2.50.